The van der Waals surface area contributed by atoms with Crippen LogP contribution in [0.2, 0.25) is 0 Å². The van der Waals surface area contributed by atoms with Gasteiger partial charge < -0.3 is 9.88 Å². The number of imidazole rings is 1. The minimum atomic E-state index is -0.540. The summed E-state index contributed by atoms with van der Waals surface area (Å²) in [5, 5.41) is 2.75. The molecule has 0 atom stereocenters. The molecule has 0 fully saturated rings. The number of fused-ring (bicyclic) bond motifs is 1. The highest BCUT2D eigenvalue weighted by molar-refractivity contribution is 5.94. The van der Waals surface area contributed by atoms with Gasteiger partial charge in [0.05, 0.1) is 23.1 Å². The number of nitrogens with zero attached hydrogens (tertiary/aromatic N) is 2. The number of nitrogens with one attached hydrogen (secondary N) is 1. The van der Waals surface area contributed by atoms with Crippen molar-refractivity contribution < 1.29 is 13.6 Å². The summed E-state index contributed by atoms with van der Waals surface area (Å²) in [6.07, 6.45) is 1.22. The SMILES string of the molecule is O=C(NCCCc1nc2ccccc2n1Cc1ccccc1F)c1ccccc1F. The average Bonchev–Trinajstić information content (AvgIpc) is 3.10. The number of carbonyl (C=O) groups is 1. The number of hydrogen-bond acceptors (Lipinski definition) is 2. The quantitative estimate of drug-likeness (QED) is 0.452. The smallest absolute Gasteiger partial charge is 0.254 e. The Bertz CT molecular complexity index is 1190. The highest BCUT2D eigenvalue weighted by Gasteiger charge is 2.13. The molecule has 0 spiro atoms. The van der Waals surface area contributed by atoms with Gasteiger partial charge in [0.25, 0.3) is 5.91 Å². The standard InChI is InChI=1S/C24H21F2N3O/c25-19-10-3-1-8-17(19)16-29-22-13-6-5-12-21(22)28-23(29)14-7-15-27-24(30)18-9-2-4-11-20(18)26/h1-6,8-13H,7,14-16H2,(H,27,30). The zero-order valence-corrected chi connectivity index (χ0v) is 16.3. The minimum Gasteiger partial charge on any atom is -0.352 e. The Hall–Kier alpha value is -3.54. The van der Waals surface area contributed by atoms with Crippen LogP contribution < -0.4 is 5.32 Å². The van der Waals surface area contributed by atoms with E-state index in [1.807, 2.05) is 34.9 Å². The molecule has 0 radical (unpaired) electrons. The van der Waals surface area contributed by atoms with E-state index in [-0.39, 0.29) is 11.4 Å². The molecule has 4 nitrogen and oxygen atoms in total. The lowest BCUT2D eigenvalue weighted by Crippen LogP contribution is -2.25. The molecular weight excluding hydrogens is 384 g/mol. The largest absolute Gasteiger partial charge is 0.352 e. The van der Waals surface area contributed by atoms with Gasteiger partial charge >= 0.3 is 0 Å². The number of carbonyl (C=O) groups excluding carboxylic acids is 1. The van der Waals surface area contributed by atoms with Crippen LogP contribution in [0.1, 0.15) is 28.2 Å². The maximum atomic E-state index is 14.2. The maximum Gasteiger partial charge on any atom is 0.254 e. The van der Waals surface area contributed by atoms with Crippen LogP contribution in [-0.2, 0) is 13.0 Å². The van der Waals surface area contributed by atoms with E-state index < -0.39 is 11.7 Å². The number of aromatic nitrogens is 2. The van der Waals surface area contributed by atoms with E-state index in [1.165, 1.54) is 18.2 Å². The number of halogens is 2. The average molecular weight is 405 g/mol. The third-order valence-corrected chi connectivity index (χ3v) is 5.00. The molecule has 152 valence electrons. The fraction of sp³-hybridized carbons (Fsp3) is 0.167. The van der Waals surface area contributed by atoms with Crippen molar-refractivity contribution in [3.8, 4) is 0 Å². The highest BCUT2D eigenvalue weighted by atomic mass is 19.1. The van der Waals surface area contributed by atoms with Crippen molar-refractivity contribution in [2.75, 3.05) is 6.54 Å². The van der Waals surface area contributed by atoms with Crippen molar-refractivity contribution in [2.45, 2.75) is 19.4 Å². The fourth-order valence-electron chi connectivity index (χ4n) is 3.48. The van der Waals surface area contributed by atoms with Crippen LogP contribution in [0.3, 0.4) is 0 Å². The van der Waals surface area contributed by atoms with Crippen LogP contribution in [-0.4, -0.2) is 22.0 Å². The summed E-state index contributed by atoms with van der Waals surface area (Å²) in [6, 6.07) is 20.3. The Morgan fingerprint density at radius 1 is 0.900 bits per heavy atom. The number of amides is 1. The molecule has 3 aromatic carbocycles. The van der Waals surface area contributed by atoms with Crippen LogP contribution >= 0.6 is 0 Å². The van der Waals surface area contributed by atoms with Crippen LogP contribution in [0, 0.1) is 11.6 Å². The van der Waals surface area contributed by atoms with Gasteiger partial charge in [-0.1, -0.05) is 42.5 Å². The first-order chi connectivity index (χ1) is 14.6. The van der Waals surface area contributed by atoms with Gasteiger partial charge in [-0.25, -0.2) is 13.8 Å². The van der Waals surface area contributed by atoms with E-state index in [2.05, 4.69) is 5.32 Å². The molecule has 1 aromatic heterocycles. The lowest BCUT2D eigenvalue weighted by molar-refractivity contribution is 0.0949. The zero-order chi connectivity index (χ0) is 20.9. The van der Waals surface area contributed by atoms with Crippen molar-refractivity contribution in [1.82, 2.24) is 14.9 Å². The summed E-state index contributed by atoms with van der Waals surface area (Å²) in [5.41, 5.74) is 2.41. The van der Waals surface area contributed by atoms with Gasteiger partial charge in [-0.15, -0.1) is 0 Å². The molecule has 30 heavy (non-hydrogen) atoms. The van der Waals surface area contributed by atoms with E-state index in [0.717, 1.165) is 16.9 Å². The number of para-hydroxylation sites is 2. The Kier molecular flexibility index (Phi) is 5.84. The van der Waals surface area contributed by atoms with Gasteiger partial charge in [0, 0.05) is 18.5 Å². The molecule has 0 saturated heterocycles. The number of benzene rings is 3. The first-order valence-electron chi connectivity index (χ1n) is 9.84. The molecule has 6 heteroatoms. The predicted molar refractivity (Wildman–Crippen MR) is 112 cm³/mol. The minimum absolute atomic E-state index is 0.0318. The monoisotopic (exact) mass is 405 g/mol. The summed E-state index contributed by atoms with van der Waals surface area (Å²) >= 11 is 0. The molecule has 4 rings (SSSR count). The summed E-state index contributed by atoms with van der Waals surface area (Å²) in [6.45, 7) is 0.764. The molecule has 0 aliphatic carbocycles. The van der Waals surface area contributed by atoms with Crippen molar-refractivity contribution in [3.63, 3.8) is 0 Å². The van der Waals surface area contributed by atoms with E-state index in [0.29, 0.717) is 31.5 Å². The van der Waals surface area contributed by atoms with Crippen LogP contribution in [0.4, 0.5) is 8.78 Å². The summed E-state index contributed by atoms with van der Waals surface area (Å²) in [4.78, 5) is 16.8. The lowest BCUT2D eigenvalue weighted by atomic mass is 10.2. The fourth-order valence-corrected chi connectivity index (χ4v) is 3.48. The first kappa shape index (κ1) is 19.8. The number of aryl methyl sites for hydroxylation is 1. The molecule has 0 aliphatic heterocycles. The van der Waals surface area contributed by atoms with Crippen LogP contribution in [0.5, 0.6) is 0 Å². The first-order valence-corrected chi connectivity index (χ1v) is 9.84. The Morgan fingerprint density at radius 3 is 2.40 bits per heavy atom. The van der Waals surface area contributed by atoms with Crippen molar-refractivity contribution in [2.24, 2.45) is 0 Å². The third kappa shape index (κ3) is 4.22. The highest BCUT2D eigenvalue weighted by Crippen LogP contribution is 2.20. The van der Waals surface area contributed by atoms with E-state index in [1.54, 1.807) is 24.3 Å². The van der Waals surface area contributed by atoms with Crippen molar-refractivity contribution >= 4 is 16.9 Å². The van der Waals surface area contributed by atoms with Gasteiger partial charge in [0.2, 0.25) is 0 Å². The second-order valence-corrected chi connectivity index (χ2v) is 7.03. The molecule has 0 aliphatic rings. The lowest BCUT2D eigenvalue weighted by Gasteiger charge is -2.11. The molecule has 0 saturated carbocycles. The van der Waals surface area contributed by atoms with Gasteiger partial charge in [-0.3, -0.25) is 4.79 Å². The van der Waals surface area contributed by atoms with E-state index >= 15 is 0 Å². The van der Waals surface area contributed by atoms with E-state index in [9.17, 15) is 13.6 Å². The van der Waals surface area contributed by atoms with Gasteiger partial charge in [0.15, 0.2) is 0 Å². The topological polar surface area (TPSA) is 46.9 Å². The summed E-state index contributed by atoms with van der Waals surface area (Å²) < 4.78 is 29.9. The molecular formula is C24H21F2N3O. The zero-order valence-electron chi connectivity index (χ0n) is 16.3. The number of rotatable bonds is 7. The van der Waals surface area contributed by atoms with Gasteiger partial charge in [0.1, 0.15) is 17.5 Å². The van der Waals surface area contributed by atoms with Crippen LogP contribution in [0.25, 0.3) is 11.0 Å². The second-order valence-electron chi connectivity index (χ2n) is 7.03. The summed E-state index contributed by atoms with van der Waals surface area (Å²) in [7, 11) is 0. The van der Waals surface area contributed by atoms with E-state index in [4.69, 9.17) is 4.98 Å². The molecule has 1 N–H and O–H groups in total. The molecule has 1 heterocycles. The predicted octanol–water partition coefficient (Wildman–Crippen LogP) is 4.73. The number of hydrogen-bond donors (Lipinski definition) is 1. The molecule has 4 aromatic rings. The normalized spacial score (nSPS) is 11.0. The second kappa shape index (κ2) is 8.86. The maximum absolute atomic E-state index is 14.2. The van der Waals surface area contributed by atoms with Gasteiger partial charge in [-0.05, 0) is 36.8 Å². The molecule has 0 bridgehead atoms. The Morgan fingerprint density at radius 2 is 1.60 bits per heavy atom. The molecule has 0 unspecified atom stereocenters. The van der Waals surface area contributed by atoms with Crippen molar-refractivity contribution in [1.29, 1.82) is 0 Å². The van der Waals surface area contributed by atoms with Crippen LogP contribution in [0.15, 0.2) is 72.8 Å². The molecule has 1 amide bonds. The van der Waals surface area contributed by atoms with Crippen molar-refractivity contribution in [3.05, 3.63) is 101 Å². The summed E-state index contributed by atoms with van der Waals surface area (Å²) in [5.74, 6) is -0.410. The van der Waals surface area contributed by atoms with Gasteiger partial charge in [-0.2, -0.15) is 0 Å². The Balaban J connectivity index is 1.47. The third-order valence-electron chi connectivity index (χ3n) is 5.00. The Labute approximate surface area is 173 Å².